The second-order valence-electron chi connectivity index (χ2n) is 10.2. The predicted octanol–water partition coefficient (Wildman–Crippen LogP) is 6.46. The molecule has 0 radical (unpaired) electrons. The maximum Gasteiger partial charge on any atom is 0.234 e. The van der Waals surface area contributed by atoms with Crippen LogP contribution < -0.4 is 11.5 Å². The average molecular weight is 488 g/mol. The minimum absolute atomic E-state index is 0.471. The topological polar surface area (TPSA) is 99.8 Å². The number of amides is 1. The first-order valence-corrected chi connectivity index (χ1v) is 14.5. The van der Waals surface area contributed by atoms with Gasteiger partial charge in [0.25, 0.3) is 0 Å². The molecule has 0 saturated heterocycles. The van der Waals surface area contributed by atoms with Crippen LogP contribution in [0.5, 0.6) is 0 Å². The third-order valence-electron chi connectivity index (χ3n) is 6.87. The Morgan fingerprint density at radius 2 is 1.23 bits per heavy atom. The molecule has 0 bridgehead atoms. The number of unbranched alkanes of at least 4 members (excludes halogenated alkanes) is 19. The van der Waals surface area contributed by atoms with Gasteiger partial charge >= 0.3 is 0 Å². The molecule has 1 atom stereocenters. The fraction of sp³-hybridized carbons (Fsp3) is 0.828. The van der Waals surface area contributed by atoms with Gasteiger partial charge in [-0.15, -0.1) is 17.4 Å². The van der Waals surface area contributed by atoms with Crippen molar-refractivity contribution in [2.75, 3.05) is 0 Å². The molecule has 1 unspecified atom stereocenters. The maximum absolute atomic E-state index is 11.0. The molecule has 0 aliphatic heterocycles. The van der Waals surface area contributed by atoms with Crippen molar-refractivity contribution in [3.05, 3.63) is 11.9 Å². The van der Waals surface area contributed by atoms with Gasteiger partial charge in [-0.2, -0.15) is 0 Å². The van der Waals surface area contributed by atoms with Crippen molar-refractivity contribution in [1.82, 2.24) is 15.0 Å². The number of nitrogens with zero attached hydrogens (tertiary/aromatic N) is 3. The van der Waals surface area contributed by atoms with E-state index < -0.39 is 11.9 Å². The molecule has 0 aliphatic carbocycles. The number of primary amides is 1. The predicted molar refractivity (Wildman–Crippen MR) is 147 cm³/mol. The van der Waals surface area contributed by atoms with Crippen molar-refractivity contribution in [1.29, 1.82) is 0 Å². The fourth-order valence-corrected chi connectivity index (χ4v) is 4.51. The Morgan fingerprint density at radius 3 is 1.66 bits per heavy atom. The van der Waals surface area contributed by atoms with Crippen molar-refractivity contribution in [3.8, 4) is 12.3 Å². The summed E-state index contributed by atoms with van der Waals surface area (Å²) in [7, 11) is 0. The lowest BCUT2D eigenvalue weighted by Gasteiger charge is -2.05. The van der Waals surface area contributed by atoms with Crippen LogP contribution in [-0.4, -0.2) is 26.9 Å². The Kier molecular flexibility index (Phi) is 20.1. The minimum Gasteiger partial charge on any atom is -0.368 e. The molecule has 1 amide bonds. The molecule has 0 spiro atoms. The summed E-state index contributed by atoms with van der Waals surface area (Å²) in [5.41, 5.74) is 11.9. The van der Waals surface area contributed by atoms with Gasteiger partial charge in [0.2, 0.25) is 5.91 Å². The summed E-state index contributed by atoms with van der Waals surface area (Å²) in [6.45, 7) is 0.576. The van der Waals surface area contributed by atoms with Crippen molar-refractivity contribution in [2.45, 2.75) is 154 Å². The lowest BCUT2D eigenvalue weighted by atomic mass is 10.0. The summed E-state index contributed by atoms with van der Waals surface area (Å²) in [6, 6.07) is -0.618. The van der Waals surface area contributed by atoms with E-state index in [1.165, 1.54) is 116 Å². The van der Waals surface area contributed by atoms with Crippen molar-refractivity contribution in [3.63, 3.8) is 0 Å². The molecular formula is C29H53N5O. The summed E-state index contributed by atoms with van der Waals surface area (Å²) in [4.78, 5) is 11.0. The monoisotopic (exact) mass is 487 g/mol. The van der Waals surface area contributed by atoms with Gasteiger partial charge in [0.05, 0.1) is 11.7 Å². The third kappa shape index (κ3) is 19.0. The summed E-state index contributed by atoms with van der Waals surface area (Å²) in [6.07, 6.45) is 35.5. The molecule has 35 heavy (non-hydrogen) atoms. The molecule has 4 N–H and O–H groups in total. The van der Waals surface area contributed by atoms with Gasteiger partial charge in [-0.25, -0.2) is 0 Å². The molecule has 1 aromatic rings. The van der Waals surface area contributed by atoms with E-state index in [-0.39, 0.29) is 0 Å². The lowest BCUT2D eigenvalue weighted by Crippen LogP contribution is -2.37. The Bertz CT molecular complexity index is 666. The summed E-state index contributed by atoms with van der Waals surface area (Å²) in [5, 5.41) is 8.32. The summed E-state index contributed by atoms with van der Waals surface area (Å²) in [5.74, 6) is 2.25. The van der Waals surface area contributed by atoms with Gasteiger partial charge < -0.3 is 11.5 Å². The highest BCUT2D eigenvalue weighted by Gasteiger charge is 2.09. The Labute approximate surface area is 215 Å². The van der Waals surface area contributed by atoms with Crippen LogP contribution in [0.25, 0.3) is 0 Å². The molecule has 1 rings (SSSR count). The number of aromatic nitrogens is 3. The molecule has 0 aliphatic rings. The molecule has 0 saturated carbocycles. The molecule has 0 fully saturated rings. The minimum atomic E-state index is -0.618. The highest BCUT2D eigenvalue weighted by atomic mass is 16.1. The third-order valence-corrected chi connectivity index (χ3v) is 6.87. The number of carbonyl (C=O) groups is 1. The number of terminal acetylenes is 1. The molecule has 1 heterocycles. The molecule has 6 heteroatoms. The van der Waals surface area contributed by atoms with Crippen LogP contribution in [0.4, 0.5) is 0 Å². The molecule has 0 aromatic carbocycles. The van der Waals surface area contributed by atoms with E-state index >= 15 is 0 Å². The van der Waals surface area contributed by atoms with Gasteiger partial charge in [0.1, 0.15) is 0 Å². The molecule has 1 aromatic heterocycles. The Balaban J connectivity index is 1.78. The van der Waals surface area contributed by atoms with Crippen molar-refractivity contribution >= 4 is 5.91 Å². The van der Waals surface area contributed by atoms with E-state index in [1.807, 2.05) is 6.20 Å². The van der Waals surface area contributed by atoms with E-state index in [0.29, 0.717) is 13.0 Å². The van der Waals surface area contributed by atoms with Gasteiger partial charge in [-0.3, -0.25) is 9.48 Å². The first-order chi connectivity index (χ1) is 17.1. The Hall–Kier alpha value is -1.87. The zero-order chi connectivity index (χ0) is 25.4. The average Bonchev–Trinajstić information content (AvgIpc) is 3.31. The summed E-state index contributed by atoms with van der Waals surface area (Å²) >= 11 is 0. The molecule has 200 valence electrons. The number of nitrogens with two attached hydrogens (primary N) is 2. The van der Waals surface area contributed by atoms with Gasteiger partial charge in [0, 0.05) is 19.2 Å². The van der Waals surface area contributed by atoms with E-state index in [9.17, 15) is 4.79 Å². The second kappa shape index (κ2) is 22.6. The van der Waals surface area contributed by atoms with Crippen LogP contribution in [0.1, 0.15) is 141 Å². The zero-order valence-corrected chi connectivity index (χ0v) is 22.4. The first-order valence-electron chi connectivity index (χ1n) is 14.5. The number of carbonyl (C=O) groups excluding carboxylic acids is 1. The first kappa shape index (κ1) is 31.2. The van der Waals surface area contributed by atoms with Gasteiger partial charge in [-0.05, 0) is 25.7 Å². The normalized spacial score (nSPS) is 12.0. The molecular weight excluding hydrogens is 434 g/mol. The maximum atomic E-state index is 11.0. The van der Waals surface area contributed by atoms with Crippen LogP contribution in [0, 0.1) is 12.3 Å². The largest absolute Gasteiger partial charge is 0.368 e. The second-order valence-corrected chi connectivity index (χ2v) is 10.2. The van der Waals surface area contributed by atoms with Crippen LogP contribution in [0.2, 0.25) is 0 Å². The standard InChI is InChI=1S/C29H53N5O/c1-2-3-4-5-6-7-8-9-10-11-12-13-14-15-16-17-18-19-20-21-22-23-27-26-34(33-32-27)25-24-28(30)29(31)35/h1,26,28H,3-25,30H2,(H2,31,35). The number of hydrogen-bond donors (Lipinski definition) is 2. The van der Waals surface area contributed by atoms with Crippen molar-refractivity contribution in [2.24, 2.45) is 11.5 Å². The quantitative estimate of drug-likeness (QED) is 0.122. The van der Waals surface area contributed by atoms with E-state index in [0.717, 1.165) is 25.0 Å². The van der Waals surface area contributed by atoms with Crippen molar-refractivity contribution < 1.29 is 4.79 Å². The highest BCUT2D eigenvalue weighted by Crippen LogP contribution is 2.15. The number of rotatable bonds is 25. The van der Waals surface area contributed by atoms with Crippen LogP contribution >= 0.6 is 0 Å². The summed E-state index contributed by atoms with van der Waals surface area (Å²) < 4.78 is 1.75. The highest BCUT2D eigenvalue weighted by molar-refractivity contribution is 5.79. The van der Waals surface area contributed by atoms with Crippen LogP contribution in [0.3, 0.4) is 0 Å². The lowest BCUT2D eigenvalue weighted by molar-refractivity contribution is -0.119. The number of aryl methyl sites for hydroxylation is 2. The zero-order valence-electron chi connectivity index (χ0n) is 22.4. The van der Waals surface area contributed by atoms with E-state index in [2.05, 4.69) is 16.2 Å². The van der Waals surface area contributed by atoms with Gasteiger partial charge in [0.15, 0.2) is 0 Å². The van der Waals surface area contributed by atoms with Gasteiger partial charge in [-0.1, -0.05) is 114 Å². The smallest absolute Gasteiger partial charge is 0.234 e. The fourth-order valence-electron chi connectivity index (χ4n) is 4.51. The van der Waals surface area contributed by atoms with Crippen LogP contribution in [-0.2, 0) is 17.8 Å². The number of hydrogen-bond acceptors (Lipinski definition) is 4. The SMILES string of the molecule is C#CCCCCCCCCCCCCCCCCCCCCCc1cn(CCC(N)C(N)=O)nn1. The van der Waals surface area contributed by atoms with E-state index in [4.69, 9.17) is 17.9 Å². The Morgan fingerprint density at radius 1 is 0.800 bits per heavy atom. The molecule has 6 nitrogen and oxygen atoms in total. The van der Waals surface area contributed by atoms with Crippen LogP contribution in [0.15, 0.2) is 6.20 Å². The van der Waals surface area contributed by atoms with E-state index in [1.54, 1.807) is 4.68 Å².